The van der Waals surface area contributed by atoms with E-state index in [2.05, 4.69) is 17.9 Å². The zero-order chi connectivity index (χ0) is 10.1. The van der Waals surface area contributed by atoms with Gasteiger partial charge in [-0.3, -0.25) is 0 Å². The summed E-state index contributed by atoms with van der Waals surface area (Å²) in [6.07, 6.45) is 1.74. The molecule has 1 rings (SSSR count). The highest BCUT2D eigenvalue weighted by Crippen LogP contribution is 2.25. The lowest BCUT2D eigenvalue weighted by Crippen LogP contribution is -2.49. The van der Waals surface area contributed by atoms with Crippen LogP contribution in [0, 0.1) is 0 Å². The molecule has 1 amide bonds. The van der Waals surface area contributed by atoms with Gasteiger partial charge in [0.25, 0.3) is 0 Å². The van der Waals surface area contributed by atoms with E-state index in [4.69, 9.17) is 4.74 Å². The fraction of sp³-hybridized carbons (Fsp3) is 0.889. The minimum Gasteiger partial charge on any atom is -0.444 e. The monoisotopic (exact) mass is 203 g/mol. The molecule has 0 aromatic heterocycles. The number of alkyl carbamates (subject to hydrolysis) is 1. The predicted molar refractivity (Wildman–Crippen MR) is 55.2 cm³/mol. The molecule has 0 bridgehead atoms. The van der Waals surface area contributed by atoms with Crippen molar-refractivity contribution in [3.05, 3.63) is 0 Å². The van der Waals surface area contributed by atoms with E-state index in [1.165, 1.54) is 0 Å². The van der Waals surface area contributed by atoms with Gasteiger partial charge >= 0.3 is 6.09 Å². The van der Waals surface area contributed by atoms with Gasteiger partial charge in [0, 0.05) is 11.3 Å². The second-order valence-electron chi connectivity index (χ2n) is 4.40. The number of carbonyl (C=O) groups excluding carboxylic acids is 1. The number of nitrogens with one attached hydrogen (secondary N) is 1. The van der Waals surface area contributed by atoms with Crippen LogP contribution in [0.4, 0.5) is 4.79 Å². The molecule has 0 saturated heterocycles. The van der Waals surface area contributed by atoms with Crippen LogP contribution in [-0.4, -0.2) is 23.0 Å². The SMILES string of the molecule is CC(C)(C)OC(=O)N[C@@H]1CC[C@H]1S. The first-order valence-corrected chi connectivity index (χ1v) is 5.08. The molecule has 1 aliphatic rings. The summed E-state index contributed by atoms with van der Waals surface area (Å²) < 4.78 is 5.11. The van der Waals surface area contributed by atoms with Gasteiger partial charge in [-0.05, 0) is 33.6 Å². The zero-order valence-corrected chi connectivity index (χ0v) is 9.23. The standard InChI is InChI=1S/C9H17NO2S/c1-9(2,3)12-8(11)10-6-4-5-7(6)13/h6-7,13H,4-5H2,1-3H3,(H,10,11)/t6-,7-/m1/s1. The Morgan fingerprint density at radius 2 is 2.08 bits per heavy atom. The van der Waals surface area contributed by atoms with Gasteiger partial charge in [0.1, 0.15) is 5.60 Å². The summed E-state index contributed by atoms with van der Waals surface area (Å²) >= 11 is 4.30. The predicted octanol–water partition coefficient (Wildman–Crippen LogP) is 1.97. The molecule has 0 radical (unpaired) electrons. The fourth-order valence-corrected chi connectivity index (χ4v) is 1.48. The van der Waals surface area contributed by atoms with Gasteiger partial charge in [0.2, 0.25) is 0 Å². The average Bonchev–Trinajstić information content (AvgIpc) is 1.94. The Morgan fingerprint density at radius 1 is 1.46 bits per heavy atom. The topological polar surface area (TPSA) is 38.3 Å². The molecule has 0 unspecified atom stereocenters. The summed E-state index contributed by atoms with van der Waals surface area (Å²) in [5.74, 6) is 0. The van der Waals surface area contributed by atoms with Gasteiger partial charge < -0.3 is 10.1 Å². The molecule has 76 valence electrons. The number of thiol groups is 1. The largest absolute Gasteiger partial charge is 0.444 e. The Morgan fingerprint density at radius 3 is 2.38 bits per heavy atom. The summed E-state index contributed by atoms with van der Waals surface area (Å²) in [4.78, 5) is 11.2. The highest BCUT2D eigenvalue weighted by molar-refractivity contribution is 7.81. The molecule has 0 aromatic carbocycles. The summed E-state index contributed by atoms with van der Waals surface area (Å²) in [5, 5.41) is 3.08. The normalized spacial score (nSPS) is 27.7. The van der Waals surface area contributed by atoms with E-state index in [9.17, 15) is 4.79 Å². The molecule has 1 saturated carbocycles. The quantitative estimate of drug-likeness (QED) is 0.639. The number of hydrogen-bond donors (Lipinski definition) is 2. The van der Waals surface area contributed by atoms with Crippen LogP contribution in [0.5, 0.6) is 0 Å². The number of rotatable bonds is 1. The molecule has 4 heteroatoms. The van der Waals surface area contributed by atoms with E-state index >= 15 is 0 Å². The summed E-state index contributed by atoms with van der Waals surface area (Å²) in [6, 6.07) is 0.193. The third-order valence-electron chi connectivity index (χ3n) is 1.94. The summed E-state index contributed by atoms with van der Waals surface area (Å²) in [6.45, 7) is 5.56. The third kappa shape index (κ3) is 3.46. The van der Waals surface area contributed by atoms with Gasteiger partial charge in [0.15, 0.2) is 0 Å². The Kier molecular flexibility index (Phi) is 3.11. The molecule has 1 aliphatic carbocycles. The second-order valence-corrected chi connectivity index (χ2v) is 5.06. The second kappa shape index (κ2) is 3.78. The molecular weight excluding hydrogens is 186 g/mol. The van der Waals surface area contributed by atoms with Crippen molar-refractivity contribution in [1.29, 1.82) is 0 Å². The lowest BCUT2D eigenvalue weighted by Gasteiger charge is -2.34. The molecule has 0 spiro atoms. The Balaban J connectivity index is 2.25. The number of carbonyl (C=O) groups is 1. The zero-order valence-electron chi connectivity index (χ0n) is 8.33. The Labute approximate surface area is 84.6 Å². The molecule has 0 heterocycles. The maximum absolute atomic E-state index is 11.2. The van der Waals surface area contributed by atoms with Gasteiger partial charge in [0.05, 0.1) is 0 Å². The first-order chi connectivity index (χ1) is 5.88. The molecule has 2 atom stereocenters. The van der Waals surface area contributed by atoms with Crippen molar-refractivity contribution >= 4 is 18.7 Å². The molecule has 3 nitrogen and oxygen atoms in total. The highest BCUT2D eigenvalue weighted by atomic mass is 32.1. The van der Waals surface area contributed by atoms with E-state index in [1.54, 1.807) is 0 Å². The lowest BCUT2D eigenvalue weighted by atomic mass is 9.92. The van der Waals surface area contributed by atoms with Crippen LogP contribution in [0.15, 0.2) is 0 Å². The van der Waals surface area contributed by atoms with Crippen molar-refractivity contribution in [2.75, 3.05) is 0 Å². The van der Waals surface area contributed by atoms with E-state index in [1.807, 2.05) is 20.8 Å². The first-order valence-electron chi connectivity index (χ1n) is 4.56. The van der Waals surface area contributed by atoms with E-state index < -0.39 is 5.60 Å². The van der Waals surface area contributed by atoms with Gasteiger partial charge in [-0.15, -0.1) is 0 Å². The van der Waals surface area contributed by atoms with E-state index in [0.29, 0.717) is 5.25 Å². The minimum absolute atomic E-state index is 0.193. The number of amides is 1. The number of ether oxygens (including phenoxy) is 1. The first kappa shape index (κ1) is 10.7. The van der Waals surface area contributed by atoms with Crippen LogP contribution >= 0.6 is 12.6 Å². The van der Waals surface area contributed by atoms with Crippen molar-refractivity contribution in [2.24, 2.45) is 0 Å². The van der Waals surface area contributed by atoms with Gasteiger partial charge in [-0.25, -0.2) is 4.79 Å². The van der Waals surface area contributed by atoms with Crippen molar-refractivity contribution in [3.63, 3.8) is 0 Å². The molecular formula is C9H17NO2S. The smallest absolute Gasteiger partial charge is 0.407 e. The third-order valence-corrected chi connectivity index (χ3v) is 2.56. The van der Waals surface area contributed by atoms with E-state index in [0.717, 1.165) is 12.8 Å². The van der Waals surface area contributed by atoms with Crippen LogP contribution in [0.3, 0.4) is 0 Å². The lowest BCUT2D eigenvalue weighted by molar-refractivity contribution is 0.0483. The van der Waals surface area contributed by atoms with Crippen LogP contribution in [-0.2, 0) is 4.74 Å². The maximum atomic E-state index is 11.2. The van der Waals surface area contributed by atoms with Crippen LogP contribution in [0.1, 0.15) is 33.6 Å². The average molecular weight is 203 g/mol. The van der Waals surface area contributed by atoms with Gasteiger partial charge in [-0.1, -0.05) is 0 Å². The molecule has 0 aliphatic heterocycles. The summed E-state index contributed by atoms with van der Waals surface area (Å²) in [5.41, 5.74) is -0.417. The number of hydrogen-bond acceptors (Lipinski definition) is 3. The molecule has 0 aromatic rings. The van der Waals surface area contributed by atoms with Crippen LogP contribution in [0.25, 0.3) is 0 Å². The van der Waals surface area contributed by atoms with Crippen molar-refractivity contribution in [2.45, 2.75) is 50.5 Å². The van der Waals surface area contributed by atoms with Crippen LogP contribution < -0.4 is 5.32 Å². The van der Waals surface area contributed by atoms with Crippen molar-refractivity contribution in [1.82, 2.24) is 5.32 Å². The molecule has 13 heavy (non-hydrogen) atoms. The van der Waals surface area contributed by atoms with Gasteiger partial charge in [-0.2, -0.15) is 12.6 Å². The minimum atomic E-state index is -0.417. The Hall–Kier alpha value is -0.380. The maximum Gasteiger partial charge on any atom is 0.407 e. The van der Waals surface area contributed by atoms with E-state index in [-0.39, 0.29) is 12.1 Å². The molecule has 1 N–H and O–H groups in total. The Bertz CT molecular complexity index is 200. The fourth-order valence-electron chi connectivity index (χ4n) is 1.11. The van der Waals surface area contributed by atoms with Crippen molar-refractivity contribution < 1.29 is 9.53 Å². The molecule has 1 fully saturated rings. The van der Waals surface area contributed by atoms with Crippen molar-refractivity contribution in [3.8, 4) is 0 Å². The highest BCUT2D eigenvalue weighted by Gasteiger charge is 2.30. The summed E-state index contributed by atoms with van der Waals surface area (Å²) in [7, 11) is 0. The van der Waals surface area contributed by atoms with Crippen LogP contribution in [0.2, 0.25) is 0 Å².